The Bertz CT molecular complexity index is 925. The van der Waals surface area contributed by atoms with E-state index in [4.69, 9.17) is 4.98 Å². The third-order valence-electron chi connectivity index (χ3n) is 4.76. The van der Waals surface area contributed by atoms with Crippen molar-refractivity contribution in [3.8, 4) is 22.0 Å². The van der Waals surface area contributed by atoms with E-state index in [2.05, 4.69) is 48.2 Å². The van der Waals surface area contributed by atoms with E-state index in [1.54, 1.807) is 11.3 Å². The normalized spacial score (nSPS) is 11.2. The van der Waals surface area contributed by atoms with E-state index in [1.807, 2.05) is 31.2 Å². The zero-order chi connectivity index (χ0) is 20.1. The molecule has 0 spiro atoms. The Kier molecular flexibility index (Phi) is 6.68. The highest BCUT2D eigenvalue weighted by molar-refractivity contribution is 7.13. The predicted octanol–water partition coefficient (Wildman–Crippen LogP) is 5.77. The number of carbonyl (C=O) groups excluding carboxylic acids is 1. The lowest BCUT2D eigenvalue weighted by atomic mass is 10.2. The van der Waals surface area contributed by atoms with E-state index in [-0.39, 0.29) is 5.91 Å². The van der Waals surface area contributed by atoms with Gasteiger partial charge >= 0.3 is 0 Å². The van der Waals surface area contributed by atoms with E-state index in [9.17, 15) is 4.79 Å². The molecule has 0 atom stereocenters. The molecule has 0 bridgehead atoms. The summed E-state index contributed by atoms with van der Waals surface area (Å²) in [5.74, 6) is 0.487. The van der Waals surface area contributed by atoms with Crippen molar-refractivity contribution in [1.29, 1.82) is 0 Å². The van der Waals surface area contributed by atoms with E-state index in [0.717, 1.165) is 52.6 Å². The fourth-order valence-electron chi connectivity index (χ4n) is 3.27. The number of thiazole rings is 1. The maximum Gasteiger partial charge on any atom is 0.253 e. The van der Waals surface area contributed by atoms with Crippen molar-refractivity contribution in [3.05, 3.63) is 53.0 Å². The van der Waals surface area contributed by atoms with Crippen molar-refractivity contribution in [2.45, 2.75) is 47.1 Å². The number of benzene rings is 1. The van der Waals surface area contributed by atoms with Gasteiger partial charge in [0, 0.05) is 29.7 Å². The lowest BCUT2D eigenvalue weighted by Gasteiger charge is -2.13. The van der Waals surface area contributed by atoms with Gasteiger partial charge in [-0.3, -0.25) is 4.79 Å². The van der Waals surface area contributed by atoms with Gasteiger partial charge in [0.2, 0.25) is 0 Å². The Morgan fingerprint density at radius 3 is 2.68 bits per heavy atom. The molecule has 0 radical (unpaired) electrons. The summed E-state index contributed by atoms with van der Waals surface area (Å²) in [7, 11) is 0. The Labute approximate surface area is 171 Å². The number of amides is 1. The van der Waals surface area contributed by atoms with Crippen LogP contribution in [0.25, 0.3) is 22.0 Å². The van der Waals surface area contributed by atoms with Crippen molar-refractivity contribution in [1.82, 2.24) is 14.9 Å². The lowest BCUT2D eigenvalue weighted by molar-refractivity contribution is 0.0952. The van der Waals surface area contributed by atoms with E-state index in [1.165, 1.54) is 0 Å². The molecule has 0 aliphatic heterocycles. The van der Waals surface area contributed by atoms with E-state index >= 15 is 0 Å². The van der Waals surface area contributed by atoms with Gasteiger partial charge in [0.25, 0.3) is 5.91 Å². The summed E-state index contributed by atoms with van der Waals surface area (Å²) >= 11 is 1.64. The molecule has 1 aromatic carbocycles. The molecule has 28 heavy (non-hydrogen) atoms. The summed E-state index contributed by atoms with van der Waals surface area (Å²) in [6, 6.07) is 12.2. The Hall–Kier alpha value is -2.40. The largest absolute Gasteiger partial charge is 0.352 e. The average molecular weight is 396 g/mol. The molecule has 0 aliphatic rings. The van der Waals surface area contributed by atoms with Gasteiger partial charge in [-0.2, -0.15) is 0 Å². The molecule has 2 heterocycles. The maximum atomic E-state index is 12.7. The number of nitrogens with zero attached hydrogens (tertiary/aromatic N) is 2. The molecular weight excluding hydrogens is 366 g/mol. The minimum absolute atomic E-state index is 0.00761. The monoisotopic (exact) mass is 395 g/mol. The van der Waals surface area contributed by atoms with Crippen molar-refractivity contribution >= 4 is 17.2 Å². The second kappa shape index (κ2) is 9.20. The van der Waals surface area contributed by atoms with Crippen LogP contribution in [0.3, 0.4) is 0 Å². The molecule has 3 aromatic rings. The molecular formula is C23H29N3OS. The second-order valence-electron chi connectivity index (χ2n) is 7.55. The van der Waals surface area contributed by atoms with Gasteiger partial charge in [-0.1, -0.05) is 57.5 Å². The van der Waals surface area contributed by atoms with Gasteiger partial charge in [0.15, 0.2) is 0 Å². The predicted molar refractivity (Wildman–Crippen MR) is 118 cm³/mol. The molecule has 1 N–H and O–H groups in total. The molecule has 0 saturated heterocycles. The first-order chi connectivity index (χ1) is 13.5. The van der Waals surface area contributed by atoms with Crippen LogP contribution >= 0.6 is 11.3 Å². The van der Waals surface area contributed by atoms with Gasteiger partial charge < -0.3 is 9.88 Å². The molecule has 0 fully saturated rings. The fourth-order valence-corrected chi connectivity index (χ4v) is 4.09. The number of carbonyl (C=O) groups is 1. The van der Waals surface area contributed by atoms with E-state index in [0.29, 0.717) is 12.5 Å². The number of unbranched alkanes of at least 4 members (excludes halogenated alkanes) is 1. The average Bonchev–Trinajstić information content (AvgIpc) is 3.28. The number of hydrogen-bond acceptors (Lipinski definition) is 3. The summed E-state index contributed by atoms with van der Waals surface area (Å²) in [5, 5.41) is 6.14. The van der Waals surface area contributed by atoms with Crippen LogP contribution in [0.2, 0.25) is 0 Å². The Morgan fingerprint density at radius 1 is 1.25 bits per heavy atom. The quantitative estimate of drug-likeness (QED) is 0.492. The smallest absolute Gasteiger partial charge is 0.253 e. The highest BCUT2D eigenvalue weighted by Crippen LogP contribution is 2.32. The van der Waals surface area contributed by atoms with Crippen molar-refractivity contribution in [3.63, 3.8) is 0 Å². The summed E-state index contributed by atoms with van der Waals surface area (Å²) < 4.78 is 2.24. The van der Waals surface area contributed by atoms with Crippen LogP contribution in [-0.2, 0) is 6.54 Å². The topological polar surface area (TPSA) is 46.9 Å². The minimum atomic E-state index is 0.00761. The Balaban J connectivity index is 1.96. The molecule has 0 unspecified atom stereocenters. The van der Waals surface area contributed by atoms with Crippen molar-refractivity contribution in [2.24, 2.45) is 5.92 Å². The van der Waals surface area contributed by atoms with Gasteiger partial charge in [-0.05, 0) is 25.3 Å². The third kappa shape index (κ3) is 4.53. The van der Waals surface area contributed by atoms with Crippen molar-refractivity contribution < 1.29 is 4.79 Å². The third-order valence-corrected chi connectivity index (χ3v) is 5.65. The van der Waals surface area contributed by atoms with Crippen LogP contribution < -0.4 is 5.32 Å². The number of aromatic nitrogens is 2. The standard InChI is InChI=1S/C23H29N3OS/c1-5-6-12-24-22(27)19-13-21(26(17(19)4)14-16(2)3)20-15-28-23(25-20)18-10-8-7-9-11-18/h7-11,13,15-16H,5-6,12,14H2,1-4H3,(H,24,27). The van der Waals surface area contributed by atoms with Crippen LogP contribution in [0, 0.1) is 12.8 Å². The summed E-state index contributed by atoms with van der Waals surface area (Å²) in [6.07, 6.45) is 2.07. The minimum Gasteiger partial charge on any atom is -0.352 e. The molecule has 0 saturated carbocycles. The van der Waals surface area contributed by atoms with Crippen LogP contribution in [0.4, 0.5) is 0 Å². The van der Waals surface area contributed by atoms with Crippen LogP contribution in [0.5, 0.6) is 0 Å². The van der Waals surface area contributed by atoms with Gasteiger partial charge in [0.1, 0.15) is 5.01 Å². The lowest BCUT2D eigenvalue weighted by Crippen LogP contribution is -2.24. The summed E-state index contributed by atoms with van der Waals surface area (Å²) in [4.78, 5) is 17.6. The van der Waals surface area contributed by atoms with Gasteiger partial charge in [0.05, 0.1) is 17.0 Å². The Morgan fingerprint density at radius 2 is 2.00 bits per heavy atom. The number of rotatable bonds is 8. The molecule has 3 rings (SSSR count). The molecule has 2 aromatic heterocycles. The summed E-state index contributed by atoms with van der Waals surface area (Å²) in [5.41, 5.74) is 4.83. The number of nitrogens with one attached hydrogen (secondary N) is 1. The van der Waals surface area contributed by atoms with Gasteiger partial charge in [-0.25, -0.2) is 4.98 Å². The SMILES string of the molecule is CCCCNC(=O)c1cc(-c2csc(-c3ccccc3)n2)n(CC(C)C)c1C. The first-order valence-electron chi connectivity index (χ1n) is 10.0. The highest BCUT2D eigenvalue weighted by Gasteiger charge is 2.20. The highest BCUT2D eigenvalue weighted by atomic mass is 32.1. The second-order valence-corrected chi connectivity index (χ2v) is 8.40. The van der Waals surface area contributed by atoms with Crippen LogP contribution in [0.15, 0.2) is 41.8 Å². The molecule has 1 amide bonds. The zero-order valence-corrected chi connectivity index (χ0v) is 18.0. The first-order valence-corrected chi connectivity index (χ1v) is 10.9. The van der Waals surface area contributed by atoms with Crippen LogP contribution in [0.1, 0.15) is 49.7 Å². The molecule has 0 aliphatic carbocycles. The fraction of sp³-hybridized carbons (Fsp3) is 0.391. The van der Waals surface area contributed by atoms with Crippen molar-refractivity contribution in [2.75, 3.05) is 6.54 Å². The summed E-state index contributed by atoms with van der Waals surface area (Å²) in [6.45, 7) is 10.1. The number of hydrogen-bond donors (Lipinski definition) is 1. The first kappa shape index (κ1) is 20.3. The van der Waals surface area contributed by atoms with Gasteiger partial charge in [-0.15, -0.1) is 11.3 Å². The molecule has 4 nitrogen and oxygen atoms in total. The maximum absolute atomic E-state index is 12.7. The molecule has 5 heteroatoms. The molecule has 148 valence electrons. The zero-order valence-electron chi connectivity index (χ0n) is 17.2. The van der Waals surface area contributed by atoms with E-state index < -0.39 is 0 Å². The van der Waals surface area contributed by atoms with Crippen LogP contribution in [-0.4, -0.2) is 22.0 Å².